The van der Waals surface area contributed by atoms with E-state index in [0.29, 0.717) is 11.6 Å². The minimum absolute atomic E-state index is 0.183. The number of hydrogen-bond acceptors (Lipinski definition) is 4. The van der Waals surface area contributed by atoms with Gasteiger partial charge in [-0.1, -0.05) is 208 Å². The molecule has 0 unspecified atom stereocenters. The van der Waals surface area contributed by atoms with E-state index in [4.69, 9.17) is 19.9 Å². The molecule has 2 aromatic heterocycles. The van der Waals surface area contributed by atoms with Crippen LogP contribution >= 0.6 is 0 Å². The lowest BCUT2D eigenvalue weighted by Crippen LogP contribution is -2.26. The van der Waals surface area contributed by atoms with E-state index >= 15 is 0 Å². The molecule has 0 N–H and O–H groups in total. The zero-order valence-electron chi connectivity index (χ0n) is 33.3. The van der Waals surface area contributed by atoms with E-state index in [1.807, 2.05) is 48.5 Å². The molecule has 0 aliphatic rings. The summed E-state index contributed by atoms with van der Waals surface area (Å²) in [5.41, 5.74) is 14.5. The second kappa shape index (κ2) is 16.7. The van der Waals surface area contributed by atoms with Gasteiger partial charge in [-0.15, -0.1) is 0 Å². The van der Waals surface area contributed by atoms with Crippen molar-refractivity contribution in [3.63, 3.8) is 0 Å². The second-order valence-corrected chi connectivity index (χ2v) is 14.9. The number of benzene rings is 7. The summed E-state index contributed by atoms with van der Waals surface area (Å²) < 4.78 is 0. The normalized spacial score (nSPS) is 11.4. The van der Waals surface area contributed by atoms with Gasteiger partial charge < -0.3 is 0 Å². The summed E-state index contributed by atoms with van der Waals surface area (Å²) in [5.74, 6) is 1.42. The van der Waals surface area contributed by atoms with Crippen LogP contribution in [-0.4, -0.2) is 19.9 Å². The molecule has 0 saturated carbocycles. The average molecular weight is 761 g/mol. The van der Waals surface area contributed by atoms with Crippen molar-refractivity contribution in [2.75, 3.05) is 0 Å². The number of hydrogen-bond donors (Lipinski definition) is 0. The van der Waals surface area contributed by atoms with Gasteiger partial charge in [0.1, 0.15) is 0 Å². The van der Waals surface area contributed by atoms with Crippen LogP contribution in [0, 0.1) is 0 Å². The number of aromatic nitrogens is 4. The Kier molecular flexibility index (Phi) is 10.5. The Balaban J connectivity index is 1.04. The Morgan fingerprint density at radius 2 is 0.542 bits per heavy atom. The van der Waals surface area contributed by atoms with Crippen LogP contribution in [0.25, 0.3) is 78.9 Å². The summed E-state index contributed by atoms with van der Waals surface area (Å²) in [6, 6.07) is 72.1. The molecule has 9 aromatic rings. The zero-order valence-corrected chi connectivity index (χ0v) is 33.3. The fourth-order valence-electron chi connectivity index (χ4n) is 8.14. The van der Waals surface area contributed by atoms with E-state index in [9.17, 15) is 0 Å². The van der Waals surface area contributed by atoms with Crippen molar-refractivity contribution in [3.05, 3.63) is 217 Å². The molecule has 0 radical (unpaired) electrons. The molecule has 4 nitrogen and oxygen atoms in total. The molecule has 0 spiro atoms. The van der Waals surface area contributed by atoms with Crippen LogP contribution in [0.4, 0.5) is 0 Å². The first kappa shape index (κ1) is 37.3. The van der Waals surface area contributed by atoms with Crippen LogP contribution in [0.5, 0.6) is 0 Å². The standard InChI is InChI=1S/C55H44N4/c1-3-55(4-2,47-33-29-45(30-34-47)53-56-49(41-19-11-6-12-20-41)37-50(57-53)42-21-13-7-14-22-42)48-35-31-46(32-36-48)54-58-51(43-23-15-8-16-24-43)38-52(59-54)44-27-25-40(26-28-44)39-17-9-5-10-18-39/h5-38H,3-4H2,1-2H3. The Morgan fingerprint density at radius 1 is 0.288 bits per heavy atom. The summed E-state index contributed by atoms with van der Waals surface area (Å²) in [7, 11) is 0. The monoisotopic (exact) mass is 760 g/mol. The Hall–Kier alpha value is -7.30. The van der Waals surface area contributed by atoms with Gasteiger partial charge in [-0.2, -0.15) is 0 Å². The quantitative estimate of drug-likeness (QED) is 0.132. The van der Waals surface area contributed by atoms with E-state index in [-0.39, 0.29) is 5.41 Å². The largest absolute Gasteiger partial charge is 0.228 e. The highest BCUT2D eigenvalue weighted by molar-refractivity contribution is 5.75. The van der Waals surface area contributed by atoms with Gasteiger partial charge in [-0.05, 0) is 47.2 Å². The topological polar surface area (TPSA) is 51.6 Å². The van der Waals surface area contributed by atoms with E-state index in [2.05, 4.69) is 172 Å². The Labute approximate surface area is 347 Å². The summed E-state index contributed by atoms with van der Waals surface area (Å²) >= 11 is 0. The van der Waals surface area contributed by atoms with Crippen molar-refractivity contribution in [2.45, 2.75) is 32.1 Å². The highest BCUT2D eigenvalue weighted by Crippen LogP contribution is 2.41. The number of nitrogens with zero attached hydrogens (tertiary/aromatic N) is 4. The molecule has 0 aliphatic heterocycles. The maximum Gasteiger partial charge on any atom is 0.160 e. The van der Waals surface area contributed by atoms with Gasteiger partial charge in [0, 0.05) is 38.8 Å². The molecule has 4 heteroatoms. The first-order valence-electron chi connectivity index (χ1n) is 20.4. The van der Waals surface area contributed by atoms with Gasteiger partial charge in [0.15, 0.2) is 11.6 Å². The van der Waals surface area contributed by atoms with Crippen LogP contribution in [0.2, 0.25) is 0 Å². The molecule has 0 saturated heterocycles. The minimum atomic E-state index is -0.183. The maximum absolute atomic E-state index is 5.16. The molecule has 9 rings (SSSR count). The van der Waals surface area contributed by atoms with Gasteiger partial charge in [0.05, 0.1) is 22.8 Å². The first-order valence-corrected chi connectivity index (χ1v) is 20.4. The van der Waals surface area contributed by atoms with Gasteiger partial charge in [0.2, 0.25) is 0 Å². The second-order valence-electron chi connectivity index (χ2n) is 14.9. The van der Waals surface area contributed by atoms with Crippen molar-refractivity contribution in [1.29, 1.82) is 0 Å². The van der Waals surface area contributed by atoms with Crippen LogP contribution in [0.3, 0.4) is 0 Å². The average Bonchev–Trinajstić information content (AvgIpc) is 3.33. The van der Waals surface area contributed by atoms with Crippen LogP contribution in [0.15, 0.2) is 206 Å². The van der Waals surface area contributed by atoms with Crippen molar-refractivity contribution in [3.8, 4) is 78.9 Å². The molecule has 2 heterocycles. The SMILES string of the molecule is CCC(CC)(c1ccc(-c2nc(-c3ccccc3)cc(-c3ccccc3)n2)cc1)c1ccc(-c2nc(-c3ccccc3)cc(-c3ccc(-c4ccccc4)cc3)n2)cc1. The van der Waals surface area contributed by atoms with E-state index in [1.165, 1.54) is 22.3 Å². The molecule has 0 aliphatic carbocycles. The van der Waals surface area contributed by atoms with Gasteiger partial charge in [-0.3, -0.25) is 0 Å². The fourth-order valence-corrected chi connectivity index (χ4v) is 8.14. The summed E-state index contributed by atoms with van der Waals surface area (Å²) in [6.07, 6.45) is 1.90. The fraction of sp³-hybridized carbons (Fsp3) is 0.0909. The molecule has 0 fully saturated rings. The third kappa shape index (κ3) is 7.73. The predicted octanol–water partition coefficient (Wildman–Crippen LogP) is 14.0. The van der Waals surface area contributed by atoms with Gasteiger partial charge >= 0.3 is 0 Å². The van der Waals surface area contributed by atoms with E-state index in [1.54, 1.807) is 0 Å². The minimum Gasteiger partial charge on any atom is -0.228 e. The van der Waals surface area contributed by atoms with E-state index in [0.717, 1.165) is 69.0 Å². The first-order chi connectivity index (χ1) is 29.1. The molecular weight excluding hydrogens is 717 g/mol. The van der Waals surface area contributed by atoms with Crippen molar-refractivity contribution < 1.29 is 0 Å². The highest BCUT2D eigenvalue weighted by Gasteiger charge is 2.31. The van der Waals surface area contributed by atoms with E-state index < -0.39 is 0 Å². The Bertz CT molecular complexity index is 2720. The third-order valence-electron chi connectivity index (χ3n) is 11.5. The molecule has 0 bridgehead atoms. The molecule has 284 valence electrons. The highest BCUT2D eigenvalue weighted by atomic mass is 14.9. The molecular formula is C55H44N4. The summed E-state index contributed by atoms with van der Waals surface area (Å²) in [6.45, 7) is 4.57. The maximum atomic E-state index is 5.16. The molecule has 7 aromatic carbocycles. The third-order valence-corrected chi connectivity index (χ3v) is 11.5. The van der Waals surface area contributed by atoms with Gasteiger partial charge in [-0.25, -0.2) is 19.9 Å². The van der Waals surface area contributed by atoms with Crippen molar-refractivity contribution in [1.82, 2.24) is 19.9 Å². The van der Waals surface area contributed by atoms with Crippen LogP contribution < -0.4 is 0 Å². The van der Waals surface area contributed by atoms with Crippen molar-refractivity contribution >= 4 is 0 Å². The smallest absolute Gasteiger partial charge is 0.160 e. The van der Waals surface area contributed by atoms with Crippen LogP contribution in [0.1, 0.15) is 37.8 Å². The predicted molar refractivity (Wildman–Crippen MR) is 243 cm³/mol. The lowest BCUT2D eigenvalue weighted by atomic mass is 9.70. The zero-order chi connectivity index (χ0) is 40.0. The van der Waals surface area contributed by atoms with Crippen molar-refractivity contribution in [2.24, 2.45) is 0 Å². The lowest BCUT2D eigenvalue weighted by Gasteiger charge is -2.33. The Morgan fingerprint density at radius 3 is 0.864 bits per heavy atom. The summed E-state index contributed by atoms with van der Waals surface area (Å²) in [4.78, 5) is 20.4. The van der Waals surface area contributed by atoms with Crippen LogP contribution in [-0.2, 0) is 5.41 Å². The number of rotatable bonds is 11. The van der Waals surface area contributed by atoms with Gasteiger partial charge in [0.25, 0.3) is 0 Å². The molecule has 0 amide bonds. The molecule has 59 heavy (non-hydrogen) atoms. The molecule has 0 atom stereocenters. The lowest BCUT2D eigenvalue weighted by molar-refractivity contribution is 0.478. The summed E-state index contributed by atoms with van der Waals surface area (Å²) in [5, 5.41) is 0.